The van der Waals surface area contributed by atoms with Gasteiger partial charge in [-0.3, -0.25) is 13.9 Å². The third-order valence-electron chi connectivity index (χ3n) is 6.66. The van der Waals surface area contributed by atoms with E-state index in [1.165, 1.54) is 4.90 Å². The van der Waals surface area contributed by atoms with Gasteiger partial charge in [-0.25, -0.2) is 8.42 Å². The van der Waals surface area contributed by atoms with Gasteiger partial charge in [-0.2, -0.15) is 0 Å². The Morgan fingerprint density at radius 2 is 1.62 bits per heavy atom. The van der Waals surface area contributed by atoms with Gasteiger partial charge >= 0.3 is 0 Å². The highest BCUT2D eigenvalue weighted by atomic mass is 79.9. The number of carbonyl (C=O) groups is 2. The second kappa shape index (κ2) is 13.9. The van der Waals surface area contributed by atoms with Gasteiger partial charge in [0.1, 0.15) is 12.6 Å². The molecule has 1 unspecified atom stereocenters. The van der Waals surface area contributed by atoms with Crippen molar-refractivity contribution in [2.45, 2.75) is 58.5 Å². The second-order valence-corrected chi connectivity index (χ2v) is 13.1. The lowest BCUT2D eigenvalue weighted by molar-refractivity contribution is -0.140. The number of halogens is 1. The minimum absolute atomic E-state index is 0.0815. The van der Waals surface area contributed by atoms with Crippen LogP contribution in [-0.4, -0.2) is 44.3 Å². The molecular formula is C31H38BrN3O4S. The zero-order valence-corrected chi connectivity index (χ0v) is 26.1. The highest BCUT2D eigenvalue weighted by Gasteiger charge is 2.34. The summed E-state index contributed by atoms with van der Waals surface area (Å²) in [6.45, 7) is 9.88. The molecule has 3 aromatic rings. The number of hydrogen-bond acceptors (Lipinski definition) is 4. The standard InChI is InChI=1S/C31H38BrN3O4S/c1-6-29(31(37)33-19-22(2)3)34(20-25-11-8-7-10-24(25)5)30(36)21-35(27-13-9-12-26(32)18-27)40(38,39)28-16-14-23(4)15-17-28/h7-18,22,29H,6,19-21H2,1-5H3,(H,33,37). The number of sulfonamides is 1. The van der Waals surface area contributed by atoms with Crippen LogP contribution in [0.15, 0.2) is 82.2 Å². The first kappa shape index (κ1) is 31.4. The van der Waals surface area contributed by atoms with Crippen LogP contribution in [0.4, 0.5) is 5.69 Å². The predicted molar refractivity (Wildman–Crippen MR) is 164 cm³/mol. The van der Waals surface area contributed by atoms with Crippen LogP contribution in [0.3, 0.4) is 0 Å². The molecule has 2 amide bonds. The summed E-state index contributed by atoms with van der Waals surface area (Å²) in [5.74, 6) is -0.479. The monoisotopic (exact) mass is 627 g/mol. The molecule has 0 aromatic heterocycles. The van der Waals surface area contributed by atoms with Crippen molar-refractivity contribution in [3.05, 3.63) is 94.0 Å². The lowest BCUT2D eigenvalue weighted by atomic mass is 10.1. The number of benzene rings is 3. The molecule has 3 aromatic carbocycles. The molecular weight excluding hydrogens is 590 g/mol. The highest BCUT2D eigenvalue weighted by molar-refractivity contribution is 9.10. The summed E-state index contributed by atoms with van der Waals surface area (Å²) in [6, 6.07) is 20.3. The molecule has 40 heavy (non-hydrogen) atoms. The van der Waals surface area contributed by atoms with Gasteiger partial charge in [-0.1, -0.05) is 84.7 Å². The SMILES string of the molecule is CCC(C(=O)NCC(C)C)N(Cc1ccccc1C)C(=O)CN(c1cccc(Br)c1)S(=O)(=O)c1ccc(C)cc1. The Morgan fingerprint density at radius 3 is 2.23 bits per heavy atom. The van der Waals surface area contributed by atoms with E-state index in [4.69, 9.17) is 0 Å². The zero-order chi connectivity index (χ0) is 29.4. The minimum Gasteiger partial charge on any atom is -0.354 e. The molecule has 9 heteroatoms. The van der Waals surface area contributed by atoms with Crippen molar-refractivity contribution in [2.75, 3.05) is 17.4 Å². The fraction of sp³-hybridized carbons (Fsp3) is 0.355. The molecule has 0 saturated heterocycles. The van der Waals surface area contributed by atoms with E-state index < -0.39 is 28.5 Å². The van der Waals surface area contributed by atoms with Crippen molar-refractivity contribution < 1.29 is 18.0 Å². The molecule has 0 fully saturated rings. The lowest BCUT2D eigenvalue weighted by Gasteiger charge is -2.33. The van der Waals surface area contributed by atoms with E-state index in [0.717, 1.165) is 21.0 Å². The first-order valence-electron chi connectivity index (χ1n) is 13.4. The van der Waals surface area contributed by atoms with Gasteiger partial charge in [0.25, 0.3) is 10.0 Å². The molecule has 0 bridgehead atoms. The Balaban J connectivity index is 2.06. The summed E-state index contributed by atoms with van der Waals surface area (Å²) in [6.07, 6.45) is 0.378. The summed E-state index contributed by atoms with van der Waals surface area (Å²) in [5.41, 5.74) is 3.14. The van der Waals surface area contributed by atoms with E-state index in [9.17, 15) is 18.0 Å². The number of anilines is 1. The van der Waals surface area contributed by atoms with E-state index in [1.807, 2.05) is 58.9 Å². The van der Waals surface area contributed by atoms with Crippen LogP contribution in [0.2, 0.25) is 0 Å². The molecule has 0 aliphatic heterocycles. The van der Waals surface area contributed by atoms with Crippen LogP contribution < -0.4 is 9.62 Å². The number of rotatable bonds is 12. The van der Waals surface area contributed by atoms with Crippen LogP contribution in [0.1, 0.15) is 43.9 Å². The number of carbonyl (C=O) groups excluding carboxylic acids is 2. The van der Waals surface area contributed by atoms with Crippen molar-refractivity contribution in [1.82, 2.24) is 10.2 Å². The van der Waals surface area contributed by atoms with Crippen molar-refractivity contribution in [3.63, 3.8) is 0 Å². The van der Waals surface area contributed by atoms with Crippen molar-refractivity contribution in [1.29, 1.82) is 0 Å². The fourth-order valence-corrected chi connectivity index (χ4v) is 6.10. The molecule has 0 aliphatic carbocycles. The van der Waals surface area contributed by atoms with Crippen molar-refractivity contribution >= 4 is 43.5 Å². The average molecular weight is 629 g/mol. The van der Waals surface area contributed by atoms with E-state index in [0.29, 0.717) is 23.1 Å². The normalized spacial score (nSPS) is 12.2. The maximum absolute atomic E-state index is 14.1. The van der Waals surface area contributed by atoms with Gasteiger partial charge in [0.15, 0.2) is 0 Å². The molecule has 214 valence electrons. The Hall–Kier alpha value is -3.17. The highest BCUT2D eigenvalue weighted by Crippen LogP contribution is 2.27. The van der Waals surface area contributed by atoms with Gasteiger partial charge in [0, 0.05) is 17.6 Å². The average Bonchev–Trinajstić information content (AvgIpc) is 2.91. The van der Waals surface area contributed by atoms with E-state index in [-0.39, 0.29) is 23.3 Å². The molecule has 0 saturated carbocycles. The second-order valence-electron chi connectivity index (χ2n) is 10.3. The van der Waals surface area contributed by atoms with Crippen LogP contribution in [-0.2, 0) is 26.2 Å². The molecule has 0 aliphatic rings. The van der Waals surface area contributed by atoms with Crippen LogP contribution in [0.5, 0.6) is 0 Å². The van der Waals surface area contributed by atoms with Gasteiger partial charge < -0.3 is 10.2 Å². The third-order valence-corrected chi connectivity index (χ3v) is 8.94. The zero-order valence-electron chi connectivity index (χ0n) is 23.7. The molecule has 0 heterocycles. The van der Waals surface area contributed by atoms with E-state index >= 15 is 0 Å². The lowest BCUT2D eigenvalue weighted by Crippen LogP contribution is -2.52. The van der Waals surface area contributed by atoms with Crippen LogP contribution >= 0.6 is 15.9 Å². The molecule has 3 rings (SSSR count). The summed E-state index contributed by atoms with van der Waals surface area (Å²) < 4.78 is 29.7. The number of nitrogens with zero attached hydrogens (tertiary/aromatic N) is 2. The number of aryl methyl sites for hydroxylation is 2. The Morgan fingerprint density at radius 1 is 0.950 bits per heavy atom. The van der Waals surface area contributed by atoms with Crippen molar-refractivity contribution in [3.8, 4) is 0 Å². The van der Waals surface area contributed by atoms with Gasteiger partial charge in [-0.15, -0.1) is 0 Å². The topological polar surface area (TPSA) is 86.8 Å². The van der Waals surface area contributed by atoms with Gasteiger partial charge in [-0.05, 0) is 67.6 Å². The summed E-state index contributed by atoms with van der Waals surface area (Å²) in [4.78, 5) is 29.0. The van der Waals surface area contributed by atoms with E-state index in [1.54, 1.807) is 48.5 Å². The Kier molecular flexibility index (Phi) is 10.9. The number of amides is 2. The fourth-order valence-electron chi connectivity index (χ4n) is 4.31. The third kappa shape index (κ3) is 7.95. The maximum Gasteiger partial charge on any atom is 0.264 e. The van der Waals surface area contributed by atoms with E-state index in [2.05, 4.69) is 21.2 Å². The summed E-state index contributed by atoms with van der Waals surface area (Å²) in [7, 11) is -4.11. The summed E-state index contributed by atoms with van der Waals surface area (Å²) in [5, 5.41) is 2.95. The first-order valence-corrected chi connectivity index (χ1v) is 15.6. The van der Waals surface area contributed by atoms with Crippen LogP contribution in [0.25, 0.3) is 0 Å². The predicted octanol–water partition coefficient (Wildman–Crippen LogP) is 5.84. The Bertz CT molecular complexity index is 1420. The molecule has 1 atom stereocenters. The summed E-state index contributed by atoms with van der Waals surface area (Å²) >= 11 is 3.42. The molecule has 7 nitrogen and oxygen atoms in total. The largest absolute Gasteiger partial charge is 0.354 e. The maximum atomic E-state index is 14.1. The molecule has 1 N–H and O–H groups in total. The quantitative estimate of drug-likeness (QED) is 0.273. The van der Waals surface area contributed by atoms with Gasteiger partial charge in [0.2, 0.25) is 11.8 Å². The van der Waals surface area contributed by atoms with Crippen molar-refractivity contribution in [2.24, 2.45) is 5.92 Å². The Labute approximate surface area is 246 Å². The molecule has 0 spiro atoms. The first-order chi connectivity index (χ1) is 18.9. The van der Waals surface area contributed by atoms with Gasteiger partial charge in [0.05, 0.1) is 10.6 Å². The van der Waals surface area contributed by atoms with Crippen LogP contribution in [0, 0.1) is 19.8 Å². The minimum atomic E-state index is -4.11. The smallest absolute Gasteiger partial charge is 0.264 e. The molecule has 0 radical (unpaired) electrons. The number of hydrogen-bond donors (Lipinski definition) is 1. The number of nitrogens with one attached hydrogen (secondary N) is 1.